The number of aromatic amines is 1. The third-order valence-corrected chi connectivity index (χ3v) is 2.35. The Balaban J connectivity index is 3.09. The van der Waals surface area contributed by atoms with Crippen LogP contribution in [0.3, 0.4) is 0 Å². The number of aliphatic hydroxyl groups is 1. The first-order valence-electron chi connectivity index (χ1n) is 4.95. The molecule has 0 fully saturated rings. The van der Waals surface area contributed by atoms with E-state index in [-0.39, 0.29) is 18.2 Å². The van der Waals surface area contributed by atoms with Crippen LogP contribution in [0.15, 0.2) is 4.79 Å². The van der Waals surface area contributed by atoms with Crippen LogP contribution in [0.2, 0.25) is 0 Å². The summed E-state index contributed by atoms with van der Waals surface area (Å²) in [7, 11) is 0. The number of carbonyl (C=O) groups excluding carboxylic acids is 1. The molecule has 0 radical (unpaired) electrons. The van der Waals surface area contributed by atoms with Crippen molar-refractivity contribution >= 4 is 5.91 Å². The Morgan fingerprint density at radius 3 is 2.75 bits per heavy atom. The fourth-order valence-corrected chi connectivity index (χ4v) is 1.24. The van der Waals surface area contributed by atoms with Gasteiger partial charge in [0.1, 0.15) is 5.56 Å². The standard InChI is InChI=1S/C10H15N3O3/c1-5(4-14)11-9(15)8-6(2)7(3)12-13-10(8)16/h5,14H,4H2,1-3H3,(H,11,15)(H,13,16)/t5-/m1/s1. The highest BCUT2D eigenvalue weighted by Gasteiger charge is 2.17. The predicted octanol–water partition coefficient (Wildman–Crippen LogP) is -0.503. The molecule has 16 heavy (non-hydrogen) atoms. The van der Waals surface area contributed by atoms with Gasteiger partial charge < -0.3 is 10.4 Å². The molecule has 0 saturated heterocycles. The molecular formula is C10H15N3O3. The fourth-order valence-electron chi connectivity index (χ4n) is 1.24. The van der Waals surface area contributed by atoms with Gasteiger partial charge in [0.05, 0.1) is 12.3 Å². The number of rotatable bonds is 3. The number of aryl methyl sites for hydroxylation is 1. The largest absolute Gasteiger partial charge is 0.394 e. The van der Waals surface area contributed by atoms with E-state index in [1.165, 1.54) is 0 Å². The smallest absolute Gasteiger partial charge is 0.277 e. The summed E-state index contributed by atoms with van der Waals surface area (Å²) in [4.78, 5) is 23.2. The molecule has 0 aromatic carbocycles. The topological polar surface area (TPSA) is 95.1 Å². The van der Waals surface area contributed by atoms with Gasteiger partial charge >= 0.3 is 0 Å². The van der Waals surface area contributed by atoms with Gasteiger partial charge in [-0.1, -0.05) is 0 Å². The third kappa shape index (κ3) is 2.46. The maximum atomic E-state index is 11.7. The van der Waals surface area contributed by atoms with E-state index in [1.807, 2.05) is 0 Å². The lowest BCUT2D eigenvalue weighted by Gasteiger charge is -2.11. The van der Waals surface area contributed by atoms with E-state index in [1.54, 1.807) is 20.8 Å². The maximum absolute atomic E-state index is 11.7. The van der Waals surface area contributed by atoms with Crippen LogP contribution in [0.1, 0.15) is 28.5 Å². The average Bonchev–Trinajstić information content (AvgIpc) is 2.24. The average molecular weight is 225 g/mol. The molecule has 1 aromatic rings. The third-order valence-electron chi connectivity index (χ3n) is 2.35. The molecule has 0 saturated carbocycles. The van der Waals surface area contributed by atoms with Crippen molar-refractivity contribution in [2.45, 2.75) is 26.8 Å². The van der Waals surface area contributed by atoms with Gasteiger partial charge in [-0.25, -0.2) is 5.10 Å². The van der Waals surface area contributed by atoms with Crippen molar-refractivity contribution in [2.24, 2.45) is 0 Å². The van der Waals surface area contributed by atoms with Crippen molar-refractivity contribution in [1.82, 2.24) is 15.5 Å². The second-order valence-corrected chi connectivity index (χ2v) is 3.70. The van der Waals surface area contributed by atoms with E-state index in [4.69, 9.17) is 5.11 Å². The van der Waals surface area contributed by atoms with Crippen LogP contribution in [0.4, 0.5) is 0 Å². The van der Waals surface area contributed by atoms with Crippen LogP contribution < -0.4 is 10.9 Å². The highest BCUT2D eigenvalue weighted by Crippen LogP contribution is 2.04. The van der Waals surface area contributed by atoms with E-state index >= 15 is 0 Å². The van der Waals surface area contributed by atoms with Crippen molar-refractivity contribution in [3.63, 3.8) is 0 Å². The van der Waals surface area contributed by atoms with E-state index in [0.717, 1.165) is 0 Å². The van der Waals surface area contributed by atoms with Gasteiger partial charge in [-0.15, -0.1) is 0 Å². The van der Waals surface area contributed by atoms with Crippen LogP contribution in [0, 0.1) is 13.8 Å². The maximum Gasteiger partial charge on any atom is 0.277 e. The van der Waals surface area contributed by atoms with E-state index in [0.29, 0.717) is 11.3 Å². The van der Waals surface area contributed by atoms with Crippen LogP contribution >= 0.6 is 0 Å². The van der Waals surface area contributed by atoms with Gasteiger partial charge in [-0.2, -0.15) is 5.10 Å². The summed E-state index contributed by atoms with van der Waals surface area (Å²) < 4.78 is 0. The number of H-pyrrole nitrogens is 1. The minimum absolute atomic E-state index is 0.0489. The van der Waals surface area contributed by atoms with Gasteiger partial charge in [-0.05, 0) is 26.3 Å². The zero-order valence-corrected chi connectivity index (χ0v) is 9.50. The molecule has 3 N–H and O–H groups in total. The second-order valence-electron chi connectivity index (χ2n) is 3.70. The molecule has 0 aliphatic heterocycles. The summed E-state index contributed by atoms with van der Waals surface area (Å²) in [5, 5.41) is 17.3. The first kappa shape index (κ1) is 12.4. The molecule has 6 heteroatoms. The van der Waals surface area contributed by atoms with Gasteiger partial charge in [0.25, 0.3) is 11.5 Å². The van der Waals surface area contributed by atoms with Crippen LogP contribution in [-0.2, 0) is 0 Å². The Morgan fingerprint density at radius 1 is 1.56 bits per heavy atom. The molecule has 1 atom stereocenters. The monoisotopic (exact) mass is 225 g/mol. The van der Waals surface area contributed by atoms with Crippen molar-refractivity contribution in [3.8, 4) is 0 Å². The van der Waals surface area contributed by atoms with E-state index < -0.39 is 11.5 Å². The summed E-state index contributed by atoms with van der Waals surface area (Å²) in [6.45, 7) is 4.84. The Hall–Kier alpha value is -1.69. The van der Waals surface area contributed by atoms with E-state index in [9.17, 15) is 9.59 Å². The summed E-state index contributed by atoms with van der Waals surface area (Å²) >= 11 is 0. The Labute approximate surface area is 92.7 Å². The Bertz CT molecular complexity index is 453. The Morgan fingerprint density at radius 2 is 2.19 bits per heavy atom. The molecule has 0 aliphatic rings. The molecule has 1 heterocycles. The number of carbonyl (C=O) groups is 1. The molecule has 1 aromatic heterocycles. The summed E-state index contributed by atoms with van der Waals surface area (Å²) in [5.74, 6) is -0.495. The fraction of sp³-hybridized carbons (Fsp3) is 0.500. The van der Waals surface area contributed by atoms with Crippen LogP contribution in [0.5, 0.6) is 0 Å². The van der Waals surface area contributed by atoms with Gasteiger partial charge in [0, 0.05) is 6.04 Å². The van der Waals surface area contributed by atoms with Gasteiger partial charge in [0.15, 0.2) is 0 Å². The molecule has 0 unspecified atom stereocenters. The van der Waals surface area contributed by atoms with Gasteiger partial charge in [0.2, 0.25) is 0 Å². The van der Waals surface area contributed by atoms with Crippen LogP contribution in [-0.4, -0.2) is 33.9 Å². The number of hydrogen-bond acceptors (Lipinski definition) is 4. The number of aliphatic hydroxyl groups excluding tert-OH is 1. The number of nitrogens with zero attached hydrogens (tertiary/aromatic N) is 1. The zero-order chi connectivity index (χ0) is 12.3. The Kier molecular flexibility index (Phi) is 3.78. The van der Waals surface area contributed by atoms with Gasteiger partial charge in [-0.3, -0.25) is 9.59 Å². The first-order valence-corrected chi connectivity index (χ1v) is 4.95. The van der Waals surface area contributed by atoms with Crippen molar-refractivity contribution < 1.29 is 9.90 Å². The highest BCUT2D eigenvalue weighted by molar-refractivity contribution is 5.95. The molecule has 1 rings (SSSR count). The number of nitrogens with one attached hydrogen (secondary N) is 2. The summed E-state index contributed by atoms with van der Waals surface area (Å²) in [6, 6.07) is -0.389. The van der Waals surface area contributed by atoms with Crippen molar-refractivity contribution in [3.05, 3.63) is 27.2 Å². The number of aromatic nitrogens is 2. The normalized spacial score (nSPS) is 12.2. The second kappa shape index (κ2) is 4.89. The lowest BCUT2D eigenvalue weighted by atomic mass is 10.1. The molecule has 0 aliphatic carbocycles. The zero-order valence-electron chi connectivity index (χ0n) is 9.50. The van der Waals surface area contributed by atoms with Crippen LogP contribution in [0.25, 0.3) is 0 Å². The molecule has 0 bridgehead atoms. The molecule has 6 nitrogen and oxygen atoms in total. The lowest BCUT2D eigenvalue weighted by molar-refractivity contribution is 0.0919. The summed E-state index contributed by atoms with van der Waals surface area (Å²) in [6.07, 6.45) is 0. The summed E-state index contributed by atoms with van der Waals surface area (Å²) in [5.41, 5.74) is 0.673. The van der Waals surface area contributed by atoms with E-state index in [2.05, 4.69) is 15.5 Å². The minimum atomic E-state index is -0.522. The number of amides is 1. The van der Waals surface area contributed by atoms with Crippen molar-refractivity contribution in [1.29, 1.82) is 0 Å². The highest BCUT2D eigenvalue weighted by atomic mass is 16.3. The quantitative estimate of drug-likeness (QED) is 0.646. The lowest BCUT2D eigenvalue weighted by Crippen LogP contribution is -2.38. The SMILES string of the molecule is Cc1n[nH]c(=O)c(C(=O)N[C@H](C)CO)c1C. The number of hydrogen-bond donors (Lipinski definition) is 3. The molecule has 88 valence electrons. The molecule has 0 spiro atoms. The minimum Gasteiger partial charge on any atom is -0.394 e. The van der Waals surface area contributed by atoms with Crippen molar-refractivity contribution in [2.75, 3.05) is 6.61 Å². The predicted molar refractivity (Wildman–Crippen MR) is 58.3 cm³/mol. The first-order chi connectivity index (χ1) is 7.47. The molecular weight excluding hydrogens is 210 g/mol. The molecule has 1 amide bonds.